The predicted molar refractivity (Wildman–Crippen MR) is 108 cm³/mol. The number of nitrogens with zero attached hydrogens (tertiary/aromatic N) is 3. The molecule has 1 unspecified atom stereocenters. The van der Waals surface area contributed by atoms with Gasteiger partial charge < -0.3 is 20.4 Å². The van der Waals surface area contributed by atoms with E-state index < -0.39 is 0 Å². The molecule has 23 heavy (non-hydrogen) atoms. The molecule has 7 heteroatoms. The second-order valence-electron chi connectivity index (χ2n) is 6.09. The van der Waals surface area contributed by atoms with E-state index in [1.54, 1.807) is 7.05 Å². The number of amides is 1. The maximum absolute atomic E-state index is 12.0. The van der Waals surface area contributed by atoms with Gasteiger partial charge in [-0.25, -0.2) is 0 Å². The van der Waals surface area contributed by atoms with Crippen LogP contribution in [0.5, 0.6) is 0 Å². The van der Waals surface area contributed by atoms with Crippen molar-refractivity contribution in [2.24, 2.45) is 10.9 Å². The van der Waals surface area contributed by atoms with Crippen LogP contribution < -0.4 is 10.6 Å². The Hall–Kier alpha value is -0.570. The van der Waals surface area contributed by atoms with Crippen molar-refractivity contribution in [3.05, 3.63) is 0 Å². The van der Waals surface area contributed by atoms with Gasteiger partial charge in [-0.15, -0.1) is 24.0 Å². The molecular weight excluding hydrogens is 405 g/mol. The third-order valence-electron chi connectivity index (χ3n) is 4.17. The molecule has 1 fully saturated rings. The van der Waals surface area contributed by atoms with Crippen LogP contribution in [0, 0.1) is 5.92 Å². The van der Waals surface area contributed by atoms with E-state index >= 15 is 0 Å². The van der Waals surface area contributed by atoms with Crippen LogP contribution in [-0.4, -0.2) is 74.0 Å². The van der Waals surface area contributed by atoms with Gasteiger partial charge in [0.05, 0.1) is 0 Å². The number of carbonyl (C=O) groups excluding carboxylic acids is 1. The molecule has 6 nitrogen and oxygen atoms in total. The molecule has 1 rings (SSSR count). The first-order valence-electron chi connectivity index (χ1n) is 8.50. The normalized spacial score (nSPS) is 18.3. The summed E-state index contributed by atoms with van der Waals surface area (Å²) in [6, 6.07) is 0.294. The van der Waals surface area contributed by atoms with Crippen LogP contribution in [0.25, 0.3) is 0 Å². The van der Waals surface area contributed by atoms with E-state index in [0.29, 0.717) is 6.04 Å². The van der Waals surface area contributed by atoms with Gasteiger partial charge in [0.1, 0.15) is 0 Å². The fourth-order valence-electron chi connectivity index (χ4n) is 2.70. The molecule has 0 aromatic heterocycles. The highest BCUT2D eigenvalue weighted by molar-refractivity contribution is 14.0. The van der Waals surface area contributed by atoms with Crippen molar-refractivity contribution < 1.29 is 4.79 Å². The number of carbonyl (C=O) groups is 1. The number of halogens is 1. The third-order valence-corrected chi connectivity index (χ3v) is 4.17. The lowest BCUT2D eigenvalue weighted by Crippen LogP contribution is -2.47. The lowest BCUT2D eigenvalue weighted by Gasteiger charge is -2.22. The molecule has 136 valence electrons. The number of rotatable bonds is 7. The van der Waals surface area contributed by atoms with E-state index in [4.69, 9.17) is 0 Å². The van der Waals surface area contributed by atoms with Crippen molar-refractivity contribution in [2.45, 2.75) is 40.2 Å². The van der Waals surface area contributed by atoms with Gasteiger partial charge in [-0.05, 0) is 19.5 Å². The zero-order valence-electron chi connectivity index (χ0n) is 15.3. The van der Waals surface area contributed by atoms with Gasteiger partial charge in [0.15, 0.2) is 5.96 Å². The molecule has 0 radical (unpaired) electrons. The fraction of sp³-hybridized carbons (Fsp3) is 0.875. The second-order valence-corrected chi connectivity index (χ2v) is 6.09. The van der Waals surface area contributed by atoms with Crippen LogP contribution in [0.15, 0.2) is 4.99 Å². The predicted octanol–water partition coefficient (Wildman–Crippen LogP) is 1.37. The van der Waals surface area contributed by atoms with Gasteiger partial charge in [-0.1, -0.05) is 27.7 Å². The van der Waals surface area contributed by atoms with Crippen molar-refractivity contribution in [2.75, 3.05) is 46.3 Å². The van der Waals surface area contributed by atoms with E-state index in [0.717, 1.165) is 51.6 Å². The fourth-order valence-corrected chi connectivity index (χ4v) is 2.70. The summed E-state index contributed by atoms with van der Waals surface area (Å²) in [6.07, 6.45) is 0.981. The first-order chi connectivity index (χ1) is 10.5. The Morgan fingerprint density at radius 2 is 2.00 bits per heavy atom. The average molecular weight is 439 g/mol. The third kappa shape index (κ3) is 7.69. The van der Waals surface area contributed by atoms with E-state index in [1.807, 2.05) is 18.7 Å². The first kappa shape index (κ1) is 22.4. The average Bonchev–Trinajstić information content (AvgIpc) is 2.97. The van der Waals surface area contributed by atoms with Gasteiger partial charge in [-0.2, -0.15) is 0 Å². The number of likely N-dealkylation sites (N-methyl/N-ethyl adjacent to an activating group) is 1. The minimum Gasteiger partial charge on any atom is -0.355 e. The highest BCUT2D eigenvalue weighted by Crippen LogP contribution is 2.12. The highest BCUT2D eigenvalue weighted by atomic mass is 127. The minimum atomic E-state index is 0. The molecule has 1 heterocycles. The van der Waals surface area contributed by atoms with E-state index in [9.17, 15) is 4.79 Å². The maximum Gasteiger partial charge on any atom is 0.225 e. The number of hydrogen-bond acceptors (Lipinski definition) is 3. The van der Waals surface area contributed by atoms with Crippen LogP contribution in [0.4, 0.5) is 0 Å². The first-order valence-corrected chi connectivity index (χ1v) is 8.50. The van der Waals surface area contributed by atoms with Crippen molar-refractivity contribution in [1.29, 1.82) is 0 Å². The molecule has 0 aliphatic carbocycles. The van der Waals surface area contributed by atoms with Gasteiger partial charge in [0, 0.05) is 45.2 Å². The van der Waals surface area contributed by atoms with Gasteiger partial charge in [-0.3, -0.25) is 9.79 Å². The standard InChI is InChI=1S/C16H33N5O.HI/c1-6-20(7-2)11-9-18-16(17-5)19-14-8-10-21(12-14)15(22)13(3)4;/h13-14H,6-12H2,1-5H3,(H2,17,18,19);1H. The van der Waals surface area contributed by atoms with Crippen molar-refractivity contribution in [3.63, 3.8) is 0 Å². The van der Waals surface area contributed by atoms with E-state index in [-0.39, 0.29) is 35.8 Å². The van der Waals surface area contributed by atoms with Gasteiger partial charge in [0.2, 0.25) is 5.91 Å². The quantitative estimate of drug-likeness (QED) is 0.358. The largest absolute Gasteiger partial charge is 0.355 e. The summed E-state index contributed by atoms with van der Waals surface area (Å²) < 4.78 is 0. The van der Waals surface area contributed by atoms with Crippen LogP contribution >= 0.6 is 24.0 Å². The van der Waals surface area contributed by atoms with Crippen molar-refractivity contribution >= 4 is 35.8 Å². The Labute approximate surface area is 158 Å². The van der Waals surface area contributed by atoms with Crippen LogP contribution in [0.2, 0.25) is 0 Å². The molecule has 1 aliphatic rings. The maximum atomic E-state index is 12.0. The number of aliphatic imine (C=N–C) groups is 1. The Morgan fingerprint density at radius 3 is 2.52 bits per heavy atom. The molecule has 0 aromatic rings. The smallest absolute Gasteiger partial charge is 0.225 e. The zero-order chi connectivity index (χ0) is 16.5. The molecule has 1 atom stereocenters. The Kier molecular flexibility index (Phi) is 11.6. The minimum absolute atomic E-state index is 0. The molecule has 1 amide bonds. The molecule has 0 saturated carbocycles. The molecule has 0 bridgehead atoms. The number of hydrogen-bond donors (Lipinski definition) is 2. The van der Waals surface area contributed by atoms with Crippen LogP contribution in [-0.2, 0) is 4.79 Å². The van der Waals surface area contributed by atoms with Crippen molar-refractivity contribution in [3.8, 4) is 0 Å². The molecule has 1 aliphatic heterocycles. The zero-order valence-corrected chi connectivity index (χ0v) is 17.6. The van der Waals surface area contributed by atoms with Crippen molar-refractivity contribution in [1.82, 2.24) is 20.4 Å². The Balaban J connectivity index is 0.00000484. The Bertz CT molecular complexity index is 371. The molecule has 0 spiro atoms. The molecule has 1 saturated heterocycles. The summed E-state index contributed by atoms with van der Waals surface area (Å²) in [5, 5.41) is 6.78. The molecule has 2 N–H and O–H groups in total. The highest BCUT2D eigenvalue weighted by Gasteiger charge is 2.27. The number of guanidine groups is 1. The SMILES string of the molecule is CCN(CC)CCNC(=NC)NC1CCN(C(=O)C(C)C)C1.I. The lowest BCUT2D eigenvalue weighted by molar-refractivity contribution is -0.133. The van der Waals surface area contributed by atoms with Crippen LogP contribution in [0.1, 0.15) is 34.1 Å². The van der Waals surface area contributed by atoms with Gasteiger partial charge >= 0.3 is 0 Å². The monoisotopic (exact) mass is 439 g/mol. The van der Waals surface area contributed by atoms with E-state index in [2.05, 4.69) is 34.4 Å². The molecule has 0 aromatic carbocycles. The molecular formula is C16H34IN5O. The lowest BCUT2D eigenvalue weighted by atomic mass is 10.2. The summed E-state index contributed by atoms with van der Waals surface area (Å²) in [5.41, 5.74) is 0. The number of likely N-dealkylation sites (tertiary alicyclic amines) is 1. The summed E-state index contributed by atoms with van der Waals surface area (Å²) in [7, 11) is 1.79. The van der Waals surface area contributed by atoms with E-state index in [1.165, 1.54) is 0 Å². The summed E-state index contributed by atoms with van der Waals surface area (Å²) in [4.78, 5) is 20.6. The topological polar surface area (TPSA) is 60.0 Å². The second kappa shape index (κ2) is 11.9. The summed E-state index contributed by atoms with van der Waals surface area (Å²) in [6.45, 7) is 13.9. The summed E-state index contributed by atoms with van der Waals surface area (Å²) >= 11 is 0. The van der Waals surface area contributed by atoms with Gasteiger partial charge in [0.25, 0.3) is 0 Å². The summed E-state index contributed by atoms with van der Waals surface area (Å²) in [5.74, 6) is 1.15. The number of nitrogens with one attached hydrogen (secondary N) is 2. The van der Waals surface area contributed by atoms with Crippen LogP contribution in [0.3, 0.4) is 0 Å². The Morgan fingerprint density at radius 1 is 1.35 bits per heavy atom.